The molecule has 0 aliphatic rings. The third-order valence-electron chi connectivity index (χ3n) is 2.40. The van der Waals surface area contributed by atoms with E-state index in [9.17, 15) is 0 Å². The monoisotopic (exact) mass is 287 g/mol. The van der Waals surface area contributed by atoms with Crippen molar-refractivity contribution in [3.05, 3.63) is 10.7 Å². The van der Waals surface area contributed by atoms with Crippen LogP contribution in [0.4, 0.5) is 11.8 Å². The summed E-state index contributed by atoms with van der Waals surface area (Å²) in [5.74, 6) is 1.02. The molecule has 0 atom stereocenters. The predicted octanol–water partition coefficient (Wildman–Crippen LogP) is 1.57. The summed E-state index contributed by atoms with van der Waals surface area (Å²) in [4.78, 5) is 10.2. The van der Waals surface area contributed by atoms with Gasteiger partial charge in [-0.05, 0) is 36.8 Å². The maximum atomic E-state index is 5.51. The molecular formula is C10H18BrN5. The molecule has 0 spiro atoms. The van der Waals surface area contributed by atoms with Crippen molar-refractivity contribution in [2.45, 2.75) is 19.9 Å². The van der Waals surface area contributed by atoms with Gasteiger partial charge in [-0.3, -0.25) is 0 Å². The number of nitrogens with two attached hydrogens (primary N) is 1. The third kappa shape index (κ3) is 3.94. The van der Waals surface area contributed by atoms with Crippen molar-refractivity contribution in [3.8, 4) is 0 Å². The first-order valence-electron chi connectivity index (χ1n) is 5.23. The van der Waals surface area contributed by atoms with Crippen LogP contribution in [0.15, 0.2) is 10.7 Å². The maximum Gasteiger partial charge on any atom is 0.221 e. The van der Waals surface area contributed by atoms with E-state index in [1.807, 2.05) is 0 Å². The van der Waals surface area contributed by atoms with E-state index in [0.717, 1.165) is 23.4 Å². The van der Waals surface area contributed by atoms with Crippen LogP contribution < -0.4 is 11.1 Å². The summed E-state index contributed by atoms with van der Waals surface area (Å²) >= 11 is 3.37. The molecule has 0 aromatic carbocycles. The van der Waals surface area contributed by atoms with Gasteiger partial charge in [0.15, 0.2) is 0 Å². The molecule has 1 aromatic heterocycles. The summed E-state index contributed by atoms with van der Waals surface area (Å²) in [6, 6.07) is 0.542. The Morgan fingerprint density at radius 3 is 2.88 bits per heavy atom. The highest BCUT2D eigenvalue weighted by Gasteiger charge is 2.05. The fraction of sp³-hybridized carbons (Fsp3) is 0.600. The van der Waals surface area contributed by atoms with Gasteiger partial charge < -0.3 is 16.0 Å². The minimum absolute atomic E-state index is 0.280. The largest absolute Gasteiger partial charge is 0.368 e. The van der Waals surface area contributed by atoms with Crippen molar-refractivity contribution in [1.29, 1.82) is 0 Å². The molecule has 0 saturated heterocycles. The van der Waals surface area contributed by atoms with Crippen LogP contribution >= 0.6 is 15.9 Å². The number of nitrogens with one attached hydrogen (secondary N) is 1. The van der Waals surface area contributed by atoms with Crippen molar-refractivity contribution in [1.82, 2.24) is 14.9 Å². The average molecular weight is 288 g/mol. The molecule has 0 aliphatic heterocycles. The Morgan fingerprint density at radius 2 is 2.25 bits per heavy atom. The van der Waals surface area contributed by atoms with E-state index < -0.39 is 0 Å². The standard InChI is InChI=1S/C10H18BrN5/c1-7(2)16(3)5-4-13-9-8(11)6-14-10(12)15-9/h6-7H,4-5H2,1-3H3,(H3,12,13,14,15). The van der Waals surface area contributed by atoms with Gasteiger partial charge in [0, 0.05) is 25.3 Å². The average Bonchev–Trinajstić information content (AvgIpc) is 2.22. The molecule has 0 aliphatic carbocycles. The van der Waals surface area contributed by atoms with Crippen LogP contribution in [0.3, 0.4) is 0 Å². The second kappa shape index (κ2) is 6.00. The Hall–Kier alpha value is -0.880. The molecular weight excluding hydrogens is 270 g/mol. The summed E-state index contributed by atoms with van der Waals surface area (Å²) < 4.78 is 0.828. The minimum atomic E-state index is 0.280. The minimum Gasteiger partial charge on any atom is -0.368 e. The molecule has 0 saturated carbocycles. The molecule has 16 heavy (non-hydrogen) atoms. The molecule has 0 fully saturated rings. The number of hydrogen-bond donors (Lipinski definition) is 2. The number of aromatic nitrogens is 2. The van der Waals surface area contributed by atoms with E-state index in [-0.39, 0.29) is 5.95 Å². The number of hydrogen-bond acceptors (Lipinski definition) is 5. The molecule has 90 valence electrons. The Balaban J connectivity index is 2.45. The number of likely N-dealkylation sites (N-methyl/N-ethyl adjacent to an activating group) is 1. The van der Waals surface area contributed by atoms with E-state index in [4.69, 9.17) is 5.73 Å². The number of rotatable bonds is 5. The first kappa shape index (κ1) is 13.2. The van der Waals surface area contributed by atoms with Gasteiger partial charge in [-0.25, -0.2) is 4.98 Å². The van der Waals surface area contributed by atoms with Crippen molar-refractivity contribution in [2.75, 3.05) is 31.2 Å². The van der Waals surface area contributed by atoms with Crippen LogP contribution in [-0.4, -0.2) is 41.0 Å². The Morgan fingerprint density at radius 1 is 1.56 bits per heavy atom. The molecule has 0 amide bonds. The third-order valence-corrected chi connectivity index (χ3v) is 2.98. The van der Waals surface area contributed by atoms with Gasteiger partial charge in [0.2, 0.25) is 5.95 Å². The maximum absolute atomic E-state index is 5.51. The van der Waals surface area contributed by atoms with Crippen molar-refractivity contribution >= 4 is 27.7 Å². The van der Waals surface area contributed by atoms with Gasteiger partial charge in [-0.1, -0.05) is 0 Å². The molecule has 0 bridgehead atoms. The predicted molar refractivity (Wildman–Crippen MR) is 70.4 cm³/mol. The molecule has 5 nitrogen and oxygen atoms in total. The van der Waals surface area contributed by atoms with Crippen LogP contribution in [0.5, 0.6) is 0 Å². The lowest BCUT2D eigenvalue weighted by Gasteiger charge is -2.21. The van der Waals surface area contributed by atoms with Crippen molar-refractivity contribution in [2.24, 2.45) is 0 Å². The zero-order valence-electron chi connectivity index (χ0n) is 9.87. The van der Waals surface area contributed by atoms with Gasteiger partial charge in [-0.2, -0.15) is 4.98 Å². The van der Waals surface area contributed by atoms with Crippen molar-refractivity contribution in [3.63, 3.8) is 0 Å². The normalized spacial score (nSPS) is 11.1. The van der Waals surface area contributed by atoms with Gasteiger partial charge in [0.25, 0.3) is 0 Å². The molecule has 0 unspecified atom stereocenters. The Bertz CT molecular complexity index is 342. The lowest BCUT2D eigenvalue weighted by molar-refractivity contribution is 0.284. The van der Waals surface area contributed by atoms with E-state index in [0.29, 0.717) is 6.04 Å². The molecule has 1 aromatic rings. The van der Waals surface area contributed by atoms with Crippen LogP contribution in [0.25, 0.3) is 0 Å². The SMILES string of the molecule is CC(C)N(C)CCNc1nc(N)ncc1Br. The van der Waals surface area contributed by atoms with Gasteiger partial charge in [0.1, 0.15) is 5.82 Å². The Kier molecular flexibility index (Phi) is 4.95. The summed E-state index contributed by atoms with van der Waals surface area (Å²) in [5.41, 5.74) is 5.51. The number of nitrogen functional groups attached to an aromatic ring is 1. The lowest BCUT2D eigenvalue weighted by Crippen LogP contribution is -2.31. The number of halogens is 1. The van der Waals surface area contributed by atoms with Crippen LogP contribution in [0, 0.1) is 0 Å². The second-order valence-corrected chi connectivity index (χ2v) is 4.78. The van der Waals surface area contributed by atoms with Crippen LogP contribution in [-0.2, 0) is 0 Å². The number of anilines is 2. The first-order chi connectivity index (χ1) is 7.50. The fourth-order valence-electron chi connectivity index (χ4n) is 1.11. The molecule has 3 N–H and O–H groups in total. The zero-order chi connectivity index (χ0) is 12.1. The number of nitrogens with zero attached hydrogens (tertiary/aromatic N) is 3. The smallest absolute Gasteiger partial charge is 0.221 e. The van der Waals surface area contributed by atoms with Gasteiger partial charge in [-0.15, -0.1) is 0 Å². The van der Waals surface area contributed by atoms with Crippen LogP contribution in [0.1, 0.15) is 13.8 Å². The van der Waals surface area contributed by atoms with Gasteiger partial charge in [0.05, 0.1) is 4.47 Å². The molecule has 1 heterocycles. The molecule has 1 rings (SSSR count). The van der Waals surface area contributed by atoms with E-state index >= 15 is 0 Å². The summed E-state index contributed by atoms with van der Waals surface area (Å²) in [6.45, 7) is 6.11. The highest BCUT2D eigenvalue weighted by Crippen LogP contribution is 2.18. The quantitative estimate of drug-likeness (QED) is 0.861. The molecule has 0 radical (unpaired) electrons. The van der Waals surface area contributed by atoms with Crippen LogP contribution in [0.2, 0.25) is 0 Å². The highest BCUT2D eigenvalue weighted by molar-refractivity contribution is 9.10. The highest BCUT2D eigenvalue weighted by atomic mass is 79.9. The first-order valence-corrected chi connectivity index (χ1v) is 6.02. The van der Waals surface area contributed by atoms with E-state index in [2.05, 4.69) is 57.0 Å². The molecule has 6 heteroatoms. The second-order valence-electron chi connectivity index (χ2n) is 3.93. The fourth-order valence-corrected chi connectivity index (χ4v) is 1.44. The Labute approximate surface area is 105 Å². The van der Waals surface area contributed by atoms with E-state index in [1.165, 1.54) is 0 Å². The summed E-state index contributed by atoms with van der Waals surface area (Å²) in [6.07, 6.45) is 1.65. The summed E-state index contributed by atoms with van der Waals surface area (Å²) in [5, 5.41) is 3.22. The lowest BCUT2D eigenvalue weighted by atomic mass is 10.3. The zero-order valence-corrected chi connectivity index (χ0v) is 11.5. The van der Waals surface area contributed by atoms with Gasteiger partial charge >= 0.3 is 0 Å². The topological polar surface area (TPSA) is 67.1 Å². The summed E-state index contributed by atoms with van der Waals surface area (Å²) in [7, 11) is 2.09. The van der Waals surface area contributed by atoms with Crippen molar-refractivity contribution < 1.29 is 0 Å². The van der Waals surface area contributed by atoms with E-state index in [1.54, 1.807) is 6.20 Å².